The van der Waals surface area contributed by atoms with E-state index in [-0.39, 0.29) is 11.8 Å². The number of hydrogen-bond donors (Lipinski definition) is 1. The molecule has 0 unspecified atom stereocenters. The number of methoxy groups -OCH3 is 1. The molecule has 0 saturated carbocycles. The molecule has 8 heteroatoms. The molecule has 0 spiro atoms. The summed E-state index contributed by atoms with van der Waals surface area (Å²) in [5.74, 6) is 0.0612. The highest BCUT2D eigenvalue weighted by molar-refractivity contribution is 7.14. The van der Waals surface area contributed by atoms with Gasteiger partial charge in [0.1, 0.15) is 5.75 Å². The molecule has 148 valence electrons. The minimum absolute atomic E-state index is 0.143. The van der Waals surface area contributed by atoms with Crippen molar-refractivity contribution in [2.45, 2.75) is 6.92 Å². The Morgan fingerprint density at radius 3 is 2.62 bits per heavy atom. The number of halogens is 1. The van der Waals surface area contributed by atoms with Crippen molar-refractivity contribution in [2.24, 2.45) is 0 Å². The van der Waals surface area contributed by atoms with Gasteiger partial charge in [-0.3, -0.25) is 14.5 Å². The Labute approximate surface area is 177 Å². The Morgan fingerprint density at radius 1 is 1.21 bits per heavy atom. The molecule has 0 aliphatic carbocycles. The Morgan fingerprint density at radius 2 is 1.97 bits per heavy atom. The zero-order chi connectivity index (χ0) is 20.8. The van der Waals surface area contributed by atoms with Gasteiger partial charge in [0.2, 0.25) is 11.8 Å². The number of thiazole rings is 1. The van der Waals surface area contributed by atoms with E-state index in [0.29, 0.717) is 27.3 Å². The summed E-state index contributed by atoms with van der Waals surface area (Å²) >= 11 is 7.38. The van der Waals surface area contributed by atoms with Crippen LogP contribution in [0.2, 0.25) is 5.02 Å². The highest BCUT2D eigenvalue weighted by atomic mass is 35.5. The number of carbonyl (C=O) groups excluding carboxylic acids is 2. The number of rotatable bonds is 6. The number of carbonyl (C=O) groups is 2. The van der Waals surface area contributed by atoms with Crippen molar-refractivity contribution < 1.29 is 14.3 Å². The number of anilines is 3. The van der Waals surface area contributed by atoms with Crippen LogP contribution in [0.3, 0.4) is 0 Å². The van der Waals surface area contributed by atoms with Crippen molar-refractivity contribution in [1.82, 2.24) is 4.98 Å². The van der Waals surface area contributed by atoms with E-state index in [9.17, 15) is 9.59 Å². The van der Waals surface area contributed by atoms with Crippen LogP contribution in [0.4, 0.5) is 16.5 Å². The lowest BCUT2D eigenvalue weighted by Gasteiger charge is -2.17. The van der Waals surface area contributed by atoms with Crippen LogP contribution in [0.1, 0.15) is 12.6 Å². The second-order valence-corrected chi connectivity index (χ2v) is 7.16. The quantitative estimate of drug-likeness (QED) is 0.553. The van der Waals surface area contributed by atoms with E-state index >= 15 is 0 Å². The SMILES string of the molecule is COc1ccc(NC(=O)/C=C/c2csc(N(C(C)=O)c3ccccc3)n2)cc1Cl. The van der Waals surface area contributed by atoms with Crippen LogP contribution in [0.5, 0.6) is 5.75 Å². The maximum atomic E-state index is 12.2. The van der Waals surface area contributed by atoms with Crippen LogP contribution in [-0.2, 0) is 9.59 Å². The fourth-order valence-corrected chi connectivity index (χ4v) is 3.66. The summed E-state index contributed by atoms with van der Waals surface area (Å²) in [4.78, 5) is 30.2. The maximum absolute atomic E-state index is 12.2. The molecule has 0 aliphatic rings. The first-order valence-corrected chi connectivity index (χ1v) is 9.87. The molecule has 0 fully saturated rings. The summed E-state index contributed by atoms with van der Waals surface area (Å²) in [6, 6.07) is 14.3. The molecule has 1 aromatic heterocycles. The van der Waals surface area contributed by atoms with Crippen molar-refractivity contribution in [3.63, 3.8) is 0 Å². The summed E-state index contributed by atoms with van der Waals surface area (Å²) < 4.78 is 5.09. The Balaban J connectivity index is 1.70. The first-order valence-electron chi connectivity index (χ1n) is 8.62. The molecule has 0 bridgehead atoms. The van der Waals surface area contributed by atoms with Gasteiger partial charge in [0.25, 0.3) is 0 Å². The Bertz CT molecular complexity index is 1050. The topological polar surface area (TPSA) is 71.5 Å². The molecule has 2 aromatic carbocycles. The van der Waals surface area contributed by atoms with Crippen molar-refractivity contribution in [1.29, 1.82) is 0 Å². The molecule has 29 heavy (non-hydrogen) atoms. The monoisotopic (exact) mass is 427 g/mol. The fourth-order valence-electron chi connectivity index (χ4n) is 2.55. The molecule has 0 radical (unpaired) electrons. The molecule has 2 amide bonds. The van der Waals surface area contributed by atoms with Gasteiger partial charge in [-0.05, 0) is 36.4 Å². The second kappa shape index (κ2) is 9.36. The van der Waals surface area contributed by atoms with Crippen LogP contribution < -0.4 is 15.0 Å². The normalized spacial score (nSPS) is 10.7. The second-order valence-electron chi connectivity index (χ2n) is 5.92. The largest absolute Gasteiger partial charge is 0.495 e. The molecule has 1 N–H and O–H groups in total. The summed E-state index contributed by atoms with van der Waals surface area (Å²) in [5, 5.41) is 5.44. The van der Waals surface area contributed by atoms with Gasteiger partial charge in [-0.25, -0.2) is 4.98 Å². The number of nitrogens with one attached hydrogen (secondary N) is 1. The third-order valence-corrected chi connectivity index (χ3v) is 4.99. The molecule has 0 aliphatic heterocycles. The van der Waals surface area contributed by atoms with Crippen LogP contribution >= 0.6 is 22.9 Å². The smallest absolute Gasteiger partial charge is 0.248 e. The highest BCUT2D eigenvalue weighted by Gasteiger charge is 2.17. The minimum Gasteiger partial charge on any atom is -0.495 e. The Hall–Kier alpha value is -3.16. The van der Waals surface area contributed by atoms with E-state index in [2.05, 4.69) is 10.3 Å². The lowest BCUT2D eigenvalue weighted by atomic mass is 10.3. The summed E-state index contributed by atoms with van der Waals surface area (Å²) in [6.45, 7) is 1.48. The van der Waals surface area contributed by atoms with Crippen LogP contribution in [0.25, 0.3) is 6.08 Å². The van der Waals surface area contributed by atoms with E-state index in [1.165, 1.54) is 36.3 Å². The molecule has 6 nitrogen and oxygen atoms in total. The van der Waals surface area contributed by atoms with Crippen molar-refractivity contribution in [3.8, 4) is 5.75 Å². The third-order valence-electron chi connectivity index (χ3n) is 3.86. The molecule has 0 atom stereocenters. The fraction of sp³-hybridized carbons (Fsp3) is 0.0952. The zero-order valence-electron chi connectivity index (χ0n) is 15.8. The van der Waals surface area contributed by atoms with Gasteiger partial charge in [-0.2, -0.15) is 0 Å². The average Bonchev–Trinajstić information content (AvgIpc) is 3.15. The van der Waals surface area contributed by atoms with Crippen molar-refractivity contribution >= 4 is 57.3 Å². The number of aromatic nitrogens is 1. The van der Waals surface area contributed by atoms with E-state index in [0.717, 1.165) is 5.69 Å². The van der Waals surface area contributed by atoms with Gasteiger partial charge in [-0.15, -0.1) is 11.3 Å². The third kappa shape index (κ3) is 5.22. The van der Waals surface area contributed by atoms with Crippen LogP contribution in [0.15, 0.2) is 60.0 Å². The summed E-state index contributed by atoms with van der Waals surface area (Å²) in [7, 11) is 1.52. The van der Waals surface area contributed by atoms with Gasteiger partial charge in [0.15, 0.2) is 5.13 Å². The summed E-state index contributed by atoms with van der Waals surface area (Å²) in [6.07, 6.45) is 2.96. The Kier molecular flexibility index (Phi) is 6.64. The molecular weight excluding hydrogens is 410 g/mol. The highest BCUT2D eigenvalue weighted by Crippen LogP contribution is 2.29. The van der Waals surface area contributed by atoms with Gasteiger partial charge >= 0.3 is 0 Å². The molecule has 3 aromatic rings. The van der Waals surface area contributed by atoms with E-state index in [1.807, 2.05) is 30.3 Å². The number of hydrogen-bond acceptors (Lipinski definition) is 5. The average molecular weight is 428 g/mol. The molecule has 0 saturated heterocycles. The maximum Gasteiger partial charge on any atom is 0.248 e. The van der Waals surface area contributed by atoms with Crippen molar-refractivity contribution in [3.05, 3.63) is 70.7 Å². The van der Waals surface area contributed by atoms with Gasteiger partial charge in [0.05, 0.1) is 23.5 Å². The number of ether oxygens (including phenoxy) is 1. The summed E-state index contributed by atoms with van der Waals surface area (Å²) in [5.41, 5.74) is 1.87. The first-order chi connectivity index (χ1) is 14.0. The number of benzene rings is 2. The van der Waals surface area contributed by atoms with Gasteiger partial charge in [0, 0.05) is 24.1 Å². The molecular formula is C21H18ClN3O3S. The lowest BCUT2D eigenvalue weighted by molar-refractivity contribution is -0.116. The molecule has 3 rings (SSSR count). The lowest BCUT2D eigenvalue weighted by Crippen LogP contribution is -2.22. The number of nitrogens with zero attached hydrogens (tertiary/aromatic N) is 2. The predicted molar refractivity (Wildman–Crippen MR) is 117 cm³/mol. The van der Waals surface area contributed by atoms with E-state index < -0.39 is 0 Å². The van der Waals surface area contributed by atoms with Crippen LogP contribution in [-0.4, -0.2) is 23.9 Å². The zero-order valence-corrected chi connectivity index (χ0v) is 17.3. The van der Waals surface area contributed by atoms with Crippen LogP contribution in [0, 0.1) is 0 Å². The molecule has 1 heterocycles. The number of amides is 2. The number of para-hydroxylation sites is 1. The minimum atomic E-state index is -0.327. The standard InChI is InChI=1S/C21H18ClN3O3S/c1-14(26)25(17-6-4-3-5-7-17)21-24-16(13-29-21)9-11-20(27)23-15-8-10-19(28-2)18(22)12-15/h3-13H,1-2H3,(H,23,27)/b11-9+. The van der Waals surface area contributed by atoms with Gasteiger partial charge < -0.3 is 10.1 Å². The predicted octanol–water partition coefficient (Wildman–Crippen LogP) is 5.14. The van der Waals surface area contributed by atoms with E-state index in [4.69, 9.17) is 16.3 Å². The van der Waals surface area contributed by atoms with E-state index in [1.54, 1.807) is 29.7 Å². The first kappa shape index (κ1) is 20.6. The van der Waals surface area contributed by atoms with Gasteiger partial charge in [-0.1, -0.05) is 29.8 Å². The van der Waals surface area contributed by atoms with Crippen molar-refractivity contribution in [2.75, 3.05) is 17.3 Å².